The van der Waals surface area contributed by atoms with Crippen molar-refractivity contribution in [3.63, 3.8) is 0 Å². The fourth-order valence-electron chi connectivity index (χ4n) is 1.44. The molecule has 0 aliphatic carbocycles. The lowest BCUT2D eigenvalue weighted by atomic mass is 10.1. The third-order valence-electron chi connectivity index (χ3n) is 2.24. The summed E-state index contributed by atoms with van der Waals surface area (Å²) in [5.74, 6) is 1.50. The van der Waals surface area contributed by atoms with E-state index in [9.17, 15) is 4.79 Å². The second-order valence-corrected chi connectivity index (χ2v) is 6.31. The maximum absolute atomic E-state index is 11.9. The van der Waals surface area contributed by atoms with Gasteiger partial charge in [0.2, 0.25) is 5.78 Å². The van der Waals surface area contributed by atoms with Crippen LogP contribution >= 0.6 is 11.6 Å². The van der Waals surface area contributed by atoms with Gasteiger partial charge in [-0.25, -0.2) is 0 Å². The highest BCUT2D eigenvalue weighted by Crippen LogP contribution is 2.12. The van der Waals surface area contributed by atoms with Gasteiger partial charge in [0.15, 0.2) is 5.75 Å². The molecule has 0 saturated heterocycles. The lowest BCUT2D eigenvalue weighted by molar-refractivity contribution is 0.102. The highest BCUT2D eigenvalue weighted by atomic mass is 35.5. The molecule has 2 N–H and O–H groups in total. The molecule has 17 heavy (non-hydrogen) atoms. The number of hydrogen-bond donors (Lipinski definition) is 2. The Morgan fingerprint density at radius 1 is 1.24 bits per heavy atom. The Balaban J connectivity index is 2.63. The molecule has 0 atom stereocenters. The first-order valence-corrected chi connectivity index (χ1v) is 7.43. The van der Waals surface area contributed by atoms with Crippen LogP contribution < -0.4 is 0 Å². The number of rotatable bonds is 7. The standard InChI is InChI=1S/C12H16ClO3S/c13-11-3-1-2-10(8-11)12(16)9-17(6-4-14)7-5-15/h1-3,8,14-15H,4-7,9H2/q+1. The van der Waals surface area contributed by atoms with E-state index in [1.54, 1.807) is 24.3 Å². The van der Waals surface area contributed by atoms with Crippen molar-refractivity contribution in [2.75, 3.05) is 30.5 Å². The van der Waals surface area contributed by atoms with Gasteiger partial charge in [-0.1, -0.05) is 23.7 Å². The van der Waals surface area contributed by atoms with Gasteiger partial charge in [0.05, 0.1) is 13.2 Å². The lowest BCUT2D eigenvalue weighted by Gasteiger charge is -2.06. The summed E-state index contributed by atoms with van der Waals surface area (Å²) < 4.78 is 0. The Morgan fingerprint density at radius 3 is 2.41 bits per heavy atom. The zero-order valence-corrected chi connectivity index (χ0v) is 11.0. The number of aliphatic hydroxyl groups is 2. The molecule has 1 rings (SSSR count). The number of Topliss-reactive ketones (excluding diaryl/α,β-unsaturated/α-hetero) is 1. The number of halogens is 1. The van der Waals surface area contributed by atoms with Gasteiger partial charge in [-0.2, -0.15) is 0 Å². The number of carbonyl (C=O) groups is 1. The van der Waals surface area contributed by atoms with E-state index in [0.717, 1.165) is 0 Å². The van der Waals surface area contributed by atoms with Crippen LogP contribution in [-0.4, -0.2) is 46.5 Å². The molecule has 0 bridgehead atoms. The van der Waals surface area contributed by atoms with E-state index in [0.29, 0.717) is 27.8 Å². The molecular weight excluding hydrogens is 260 g/mol. The molecule has 5 heteroatoms. The lowest BCUT2D eigenvalue weighted by Crippen LogP contribution is -2.25. The fourth-order valence-corrected chi connectivity index (χ4v) is 3.17. The molecule has 0 aliphatic rings. The molecule has 0 fully saturated rings. The average Bonchev–Trinajstić information content (AvgIpc) is 2.29. The number of ketones is 1. The van der Waals surface area contributed by atoms with E-state index in [-0.39, 0.29) is 29.9 Å². The van der Waals surface area contributed by atoms with Crippen molar-refractivity contribution in [3.05, 3.63) is 34.9 Å². The van der Waals surface area contributed by atoms with Gasteiger partial charge >= 0.3 is 0 Å². The largest absolute Gasteiger partial charge is 0.391 e. The predicted octanol–water partition coefficient (Wildman–Crippen LogP) is 1.13. The summed E-state index contributed by atoms with van der Waals surface area (Å²) in [6.07, 6.45) is 0. The maximum atomic E-state index is 11.9. The van der Waals surface area contributed by atoms with E-state index in [2.05, 4.69) is 0 Å². The van der Waals surface area contributed by atoms with Gasteiger partial charge in [-0.3, -0.25) is 4.79 Å². The molecular formula is C12H16ClO3S+. The number of benzene rings is 1. The first-order valence-electron chi connectivity index (χ1n) is 5.32. The molecule has 0 amide bonds. The highest BCUT2D eigenvalue weighted by molar-refractivity contribution is 7.97. The van der Waals surface area contributed by atoms with Crippen LogP contribution in [0.5, 0.6) is 0 Å². The first-order chi connectivity index (χ1) is 8.17. The molecule has 0 aromatic heterocycles. The minimum absolute atomic E-state index is 0.0118. The Hall–Kier alpha value is -0.550. The smallest absolute Gasteiger partial charge is 0.211 e. The molecule has 0 spiro atoms. The minimum atomic E-state index is -0.254. The number of aliphatic hydroxyl groups excluding tert-OH is 2. The van der Waals surface area contributed by atoms with E-state index in [1.165, 1.54) is 0 Å². The first kappa shape index (κ1) is 14.5. The van der Waals surface area contributed by atoms with Crippen molar-refractivity contribution < 1.29 is 15.0 Å². The molecule has 94 valence electrons. The zero-order valence-electron chi connectivity index (χ0n) is 9.43. The molecule has 0 unspecified atom stereocenters. The van der Waals surface area contributed by atoms with Crippen LogP contribution in [0.4, 0.5) is 0 Å². The normalized spacial score (nSPS) is 10.8. The Kier molecular flexibility index (Phi) is 6.58. The van der Waals surface area contributed by atoms with E-state index in [1.807, 2.05) is 0 Å². The van der Waals surface area contributed by atoms with Crippen LogP contribution in [0.1, 0.15) is 10.4 Å². The van der Waals surface area contributed by atoms with Crippen LogP contribution in [0.2, 0.25) is 5.02 Å². The van der Waals surface area contributed by atoms with Crippen LogP contribution in [0.3, 0.4) is 0 Å². The predicted molar refractivity (Wildman–Crippen MR) is 71.9 cm³/mol. The van der Waals surface area contributed by atoms with Crippen molar-refractivity contribution in [1.29, 1.82) is 0 Å². The van der Waals surface area contributed by atoms with Crippen molar-refractivity contribution in [2.45, 2.75) is 0 Å². The molecule has 0 heterocycles. The molecule has 1 aromatic carbocycles. The maximum Gasteiger partial charge on any atom is 0.211 e. The summed E-state index contributed by atoms with van der Waals surface area (Å²) in [6.45, 7) is 0.0951. The van der Waals surface area contributed by atoms with Crippen LogP contribution in [-0.2, 0) is 10.9 Å². The third kappa shape index (κ3) is 5.08. The second-order valence-electron chi connectivity index (χ2n) is 3.55. The topological polar surface area (TPSA) is 57.5 Å². The molecule has 0 saturated carbocycles. The molecule has 3 nitrogen and oxygen atoms in total. The Bertz CT molecular complexity index is 365. The molecule has 0 radical (unpaired) electrons. The number of carbonyl (C=O) groups excluding carboxylic acids is 1. The van der Waals surface area contributed by atoms with Crippen molar-refractivity contribution in [2.24, 2.45) is 0 Å². The van der Waals surface area contributed by atoms with E-state index >= 15 is 0 Å². The summed E-state index contributed by atoms with van der Waals surface area (Å²) in [4.78, 5) is 11.9. The van der Waals surface area contributed by atoms with Gasteiger partial charge < -0.3 is 10.2 Å². The Labute approximate surface area is 109 Å². The van der Waals surface area contributed by atoms with Crippen molar-refractivity contribution in [1.82, 2.24) is 0 Å². The van der Waals surface area contributed by atoms with Crippen molar-refractivity contribution in [3.8, 4) is 0 Å². The number of hydrogen-bond acceptors (Lipinski definition) is 3. The van der Waals surface area contributed by atoms with Crippen LogP contribution in [0.15, 0.2) is 24.3 Å². The van der Waals surface area contributed by atoms with Gasteiger partial charge in [-0.15, -0.1) is 0 Å². The summed E-state index contributed by atoms with van der Waals surface area (Å²) in [7, 11) is -0.254. The van der Waals surface area contributed by atoms with E-state index < -0.39 is 0 Å². The summed E-state index contributed by atoms with van der Waals surface area (Å²) in [5, 5.41) is 18.3. The van der Waals surface area contributed by atoms with E-state index in [4.69, 9.17) is 21.8 Å². The highest BCUT2D eigenvalue weighted by Gasteiger charge is 2.22. The monoisotopic (exact) mass is 275 g/mol. The van der Waals surface area contributed by atoms with Gasteiger partial charge in [0.25, 0.3) is 0 Å². The zero-order chi connectivity index (χ0) is 12.7. The van der Waals surface area contributed by atoms with Gasteiger partial charge in [-0.05, 0) is 12.1 Å². The SMILES string of the molecule is O=C(C[S+](CCO)CCO)c1cccc(Cl)c1. The Morgan fingerprint density at radius 2 is 1.88 bits per heavy atom. The fraction of sp³-hybridized carbons (Fsp3) is 0.417. The summed E-state index contributed by atoms with van der Waals surface area (Å²) >= 11 is 5.82. The summed E-state index contributed by atoms with van der Waals surface area (Å²) in [5.41, 5.74) is 0.589. The summed E-state index contributed by atoms with van der Waals surface area (Å²) in [6, 6.07) is 6.84. The molecule has 1 aromatic rings. The minimum Gasteiger partial charge on any atom is -0.391 e. The van der Waals surface area contributed by atoms with Gasteiger partial charge in [0, 0.05) is 21.5 Å². The van der Waals surface area contributed by atoms with Crippen LogP contribution in [0, 0.1) is 0 Å². The second kappa shape index (κ2) is 7.71. The third-order valence-corrected chi connectivity index (χ3v) is 4.67. The average molecular weight is 276 g/mol. The van der Waals surface area contributed by atoms with Crippen LogP contribution in [0.25, 0.3) is 0 Å². The molecule has 0 aliphatic heterocycles. The quantitative estimate of drug-likeness (QED) is 0.579. The van der Waals surface area contributed by atoms with Gasteiger partial charge in [0.1, 0.15) is 11.5 Å². The van der Waals surface area contributed by atoms with Crippen molar-refractivity contribution >= 4 is 28.3 Å².